The molecule has 1 saturated carbocycles. The fourth-order valence-corrected chi connectivity index (χ4v) is 1.66. The first-order valence-corrected chi connectivity index (χ1v) is 4.93. The third kappa shape index (κ3) is 2.61. The van der Waals surface area contributed by atoms with Crippen molar-refractivity contribution in [3.05, 3.63) is 12.7 Å². The summed E-state index contributed by atoms with van der Waals surface area (Å²) in [4.78, 5) is 0. The van der Waals surface area contributed by atoms with E-state index in [1.165, 1.54) is 19.3 Å². The van der Waals surface area contributed by atoms with Crippen molar-refractivity contribution in [2.24, 2.45) is 11.7 Å². The molecule has 2 heteroatoms. The van der Waals surface area contributed by atoms with Crippen LogP contribution in [0.15, 0.2) is 12.7 Å². The monoisotopic (exact) mass is 168 g/mol. The van der Waals surface area contributed by atoms with Crippen molar-refractivity contribution < 1.29 is 0 Å². The Bertz CT molecular complexity index is 130. The molecule has 3 N–H and O–H groups in total. The van der Waals surface area contributed by atoms with Crippen LogP contribution in [0.1, 0.15) is 25.7 Å². The zero-order chi connectivity index (χ0) is 8.81. The van der Waals surface area contributed by atoms with Crippen molar-refractivity contribution >= 4 is 0 Å². The van der Waals surface area contributed by atoms with Gasteiger partial charge < -0.3 is 11.1 Å². The van der Waals surface area contributed by atoms with Crippen LogP contribution in [0, 0.1) is 5.92 Å². The Hall–Kier alpha value is -0.340. The Morgan fingerprint density at radius 1 is 1.58 bits per heavy atom. The molecule has 0 saturated heterocycles. The van der Waals surface area contributed by atoms with Crippen LogP contribution >= 0.6 is 0 Å². The van der Waals surface area contributed by atoms with Gasteiger partial charge in [-0.1, -0.05) is 12.5 Å². The molecule has 0 aliphatic heterocycles. The summed E-state index contributed by atoms with van der Waals surface area (Å²) >= 11 is 0. The van der Waals surface area contributed by atoms with Gasteiger partial charge in [0.2, 0.25) is 0 Å². The first kappa shape index (κ1) is 9.75. The Morgan fingerprint density at radius 3 is 2.75 bits per heavy atom. The first-order chi connectivity index (χ1) is 5.88. The van der Waals surface area contributed by atoms with E-state index in [4.69, 9.17) is 5.73 Å². The minimum atomic E-state index is 0.554. The van der Waals surface area contributed by atoms with Crippen molar-refractivity contribution in [1.29, 1.82) is 0 Å². The molecular formula is C10H20N2. The molecule has 0 aromatic carbocycles. The molecule has 0 bridgehead atoms. The number of nitrogens with one attached hydrogen (secondary N) is 1. The number of hydrogen-bond donors (Lipinski definition) is 2. The van der Waals surface area contributed by atoms with Crippen LogP contribution in [0.25, 0.3) is 0 Å². The number of nitrogens with two attached hydrogens (primary N) is 1. The normalized spacial score (nSPS) is 20.1. The van der Waals surface area contributed by atoms with Gasteiger partial charge in [-0.15, -0.1) is 6.58 Å². The molecule has 0 heterocycles. The standard InChI is InChI=1S/C10H20N2/c1-2-3-7-12-10(8-11)9-5-4-6-9/h2,9-10,12H,1,3-8,11H2. The average Bonchev–Trinajstić information content (AvgIpc) is 1.99. The van der Waals surface area contributed by atoms with Crippen LogP contribution in [0.5, 0.6) is 0 Å². The lowest BCUT2D eigenvalue weighted by molar-refractivity contribution is 0.234. The average molecular weight is 168 g/mol. The molecule has 12 heavy (non-hydrogen) atoms. The van der Waals surface area contributed by atoms with Crippen LogP contribution < -0.4 is 11.1 Å². The highest BCUT2D eigenvalue weighted by Crippen LogP contribution is 2.29. The minimum absolute atomic E-state index is 0.554. The van der Waals surface area contributed by atoms with Gasteiger partial charge in [0.1, 0.15) is 0 Å². The molecule has 0 aromatic heterocycles. The van der Waals surface area contributed by atoms with Gasteiger partial charge in [0.25, 0.3) is 0 Å². The van der Waals surface area contributed by atoms with Gasteiger partial charge in [-0.25, -0.2) is 0 Å². The molecule has 2 nitrogen and oxygen atoms in total. The van der Waals surface area contributed by atoms with Crippen molar-refractivity contribution in [3.8, 4) is 0 Å². The van der Waals surface area contributed by atoms with E-state index >= 15 is 0 Å². The van der Waals surface area contributed by atoms with Gasteiger partial charge >= 0.3 is 0 Å². The summed E-state index contributed by atoms with van der Waals surface area (Å²) in [7, 11) is 0. The SMILES string of the molecule is C=CCCNC(CN)C1CCC1. The fraction of sp³-hybridized carbons (Fsp3) is 0.800. The molecule has 0 radical (unpaired) electrons. The predicted octanol–water partition coefficient (Wildman–Crippen LogP) is 1.28. The summed E-state index contributed by atoms with van der Waals surface area (Å²) < 4.78 is 0. The van der Waals surface area contributed by atoms with Crippen molar-refractivity contribution in [2.45, 2.75) is 31.7 Å². The lowest BCUT2D eigenvalue weighted by Gasteiger charge is -2.33. The van der Waals surface area contributed by atoms with Crippen LogP contribution in [0.4, 0.5) is 0 Å². The molecule has 0 spiro atoms. The summed E-state index contributed by atoms with van der Waals surface area (Å²) in [6, 6.07) is 0.554. The summed E-state index contributed by atoms with van der Waals surface area (Å²) in [5.41, 5.74) is 5.68. The van der Waals surface area contributed by atoms with E-state index in [0.29, 0.717) is 6.04 Å². The lowest BCUT2D eigenvalue weighted by Crippen LogP contribution is -2.45. The third-order valence-corrected chi connectivity index (χ3v) is 2.73. The zero-order valence-electron chi connectivity index (χ0n) is 7.76. The highest BCUT2D eigenvalue weighted by atomic mass is 14.9. The van der Waals surface area contributed by atoms with Crippen LogP contribution in [-0.2, 0) is 0 Å². The number of rotatable bonds is 6. The lowest BCUT2D eigenvalue weighted by atomic mass is 9.79. The maximum absolute atomic E-state index is 5.68. The molecule has 1 aliphatic rings. The highest BCUT2D eigenvalue weighted by molar-refractivity contribution is 4.84. The van der Waals surface area contributed by atoms with Crippen molar-refractivity contribution in [2.75, 3.05) is 13.1 Å². The maximum Gasteiger partial charge on any atom is 0.0218 e. The second-order valence-corrected chi connectivity index (χ2v) is 3.56. The van der Waals surface area contributed by atoms with E-state index < -0.39 is 0 Å². The molecule has 70 valence electrons. The second kappa shape index (κ2) is 5.33. The minimum Gasteiger partial charge on any atom is -0.329 e. The molecule has 1 aliphatic carbocycles. The fourth-order valence-electron chi connectivity index (χ4n) is 1.66. The molecule has 0 amide bonds. The molecule has 1 atom stereocenters. The van der Waals surface area contributed by atoms with E-state index in [0.717, 1.165) is 25.4 Å². The smallest absolute Gasteiger partial charge is 0.0218 e. The van der Waals surface area contributed by atoms with Crippen LogP contribution in [-0.4, -0.2) is 19.1 Å². The number of hydrogen-bond acceptors (Lipinski definition) is 2. The zero-order valence-corrected chi connectivity index (χ0v) is 7.76. The summed E-state index contributed by atoms with van der Waals surface area (Å²) in [6.07, 6.45) is 7.11. The topological polar surface area (TPSA) is 38.0 Å². The van der Waals surface area contributed by atoms with Gasteiger partial charge in [-0.05, 0) is 31.7 Å². The molecule has 1 rings (SSSR count). The first-order valence-electron chi connectivity index (χ1n) is 4.93. The predicted molar refractivity (Wildman–Crippen MR) is 53.0 cm³/mol. The highest BCUT2D eigenvalue weighted by Gasteiger charge is 2.25. The van der Waals surface area contributed by atoms with Gasteiger partial charge in [0.05, 0.1) is 0 Å². The van der Waals surface area contributed by atoms with Crippen LogP contribution in [0.2, 0.25) is 0 Å². The van der Waals surface area contributed by atoms with Gasteiger partial charge in [-0.2, -0.15) is 0 Å². The summed E-state index contributed by atoms with van der Waals surface area (Å²) in [5, 5.41) is 3.48. The van der Waals surface area contributed by atoms with Crippen LogP contribution in [0.3, 0.4) is 0 Å². The summed E-state index contributed by atoms with van der Waals surface area (Å²) in [6.45, 7) is 5.50. The van der Waals surface area contributed by atoms with Crippen molar-refractivity contribution in [1.82, 2.24) is 5.32 Å². The largest absolute Gasteiger partial charge is 0.329 e. The van der Waals surface area contributed by atoms with Crippen molar-refractivity contribution in [3.63, 3.8) is 0 Å². The molecular weight excluding hydrogens is 148 g/mol. The third-order valence-electron chi connectivity index (χ3n) is 2.73. The molecule has 1 unspecified atom stereocenters. The van der Waals surface area contributed by atoms with E-state index in [1.807, 2.05) is 6.08 Å². The van der Waals surface area contributed by atoms with Gasteiger partial charge in [0, 0.05) is 12.6 Å². The molecule has 1 fully saturated rings. The van der Waals surface area contributed by atoms with Gasteiger partial charge in [0.15, 0.2) is 0 Å². The Balaban J connectivity index is 2.11. The summed E-state index contributed by atoms with van der Waals surface area (Å²) in [5.74, 6) is 0.847. The Labute approximate surface area is 75.2 Å². The van der Waals surface area contributed by atoms with E-state index in [9.17, 15) is 0 Å². The Kier molecular flexibility index (Phi) is 4.33. The maximum atomic E-state index is 5.68. The van der Waals surface area contributed by atoms with E-state index in [1.54, 1.807) is 0 Å². The van der Waals surface area contributed by atoms with Gasteiger partial charge in [-0.3, -0.25) is 0 Å². The Morgan fingerprint density at radius 2 is 2.33 bits per heavy atom. The van der Waals surface area contributed by atoms with E-state index in [2.05, 4.69) is 11.9 Å². The molecule has 0 aromatic rings. The van der Waals surface area contributed by atoms with E-state index in [-0.39, 0.29) is 0 Å². The quantitative estimate of drug-likeness (QED) is 0.463. The second-order valence-electron chi connectivity index (χ2n) is 3.56.